The van der Waals surface area contributed by atoms with E-state index in [1.165, 1.54) is 161 Å². The van der Waals surface area contributed by atoms with Gasteiger partial charge in [-0.3, -0.25) is 14.4 Å². The Morgan fingerprint density at radius 1 is 0.296 bits per heavy atom. The highest BCUT2D eigenvalue weighted by atomic mass is 16.6. The van der Waals surface area contributed by atoms with Gasteiger partial charge in [-0.05, 0) is 83.5 Å². The molecule has 0 aromatic rings. The zero-order valence-electron chi connectivity index (χ0n) is 47.0. The molecular formula is C65H114O6. The van der Waals surface area contributed by atoms with Gasteiger partial charge in [0.25, 0.3) is 0 Å². The molecule has 0 heterocycles. The van der Waals surface area contributed by atoms with Gasteiger partial charge in [0.1, 0.15) is 13.2 Å². The summed E-state index contributed by atoms with van der Waals surface area (Å²) in [5, 5.41) is 0. The lowest BCUT2D eigenvalue weighted by atomic mass is 10.0. The highest BCUT2D eigenvalue weighted by Crippen LogP contribution is 2.17. The monoisotopic (exact) mass is 991 g/mol. The Morgan fingerprint density at radius 2 is 0.577 bits per heavy atom. The van der Waals surface area contributed by atoms with E-state index in [2.05, 4.69) is 93.7 Å². The van der Waals surface area contributed by atoms with Crippen molar-refractivity contribution < 1.29 is 28.6 Å². The standard InChI is InChI=1S/C65H114O6/c1-4-7-10-13-16-19-22-24-26-27-28-29-30-31-32-33-34-35-36-37-38-39-40-42-43-46-49-52-55-58-64(67)70-61-62(60-69-63(66)57-54-51-48-45-21-18-15-12-9-6-3)71-65(68)59-56-53-50-47-44-41-25-23-20-17-14-11-8-5-2/h7,10,12,15-16,19,24,26,28-29,31-32,62H,4-6,8-9,11,13-14,17-18,20-23,25,27,30,33-61H2,1-3H3/b10-7-,15-12-,19-16-,26-24-,29-28-,32-31-. The van der Waals surface area contributed by atoms with Crippen LogP contribution in [0.1, 0.15) is 303 Å². The van der Waals surface area contributed by atoms with Crippen LogP contribution in [0.25, 0.3) is 0 Å². The average Bonchev–Trinajstić information content (AvgIpc) is 3.37. The Balaban J connectivity index is 4.15. The summed E-state index contributed by atoms with van der Waals surface area (Å²) in [6.45, 7) is 6.48. The van der Waals surface area contributed by atoms with E-state index in [0.717, 1.165) is 103 Å². The first-order valence-corrected chi connectivity index (χ1v) is 30.4. The molecule has 6 nitrogen and oxygen atoms in total. The van der Waals surface area contributed by atoms with Crippen molar-refractivity contribution in [3.05, 3.63) is 72.9 Å². The van der Waals surface area contributed by atoms with E-state index < -0.39 is 6.10 Å². The smallest absolute Gasteiger partial charge is 0.306 e. The number of allylic oxidation sites excluding steroid dienone is 12. The molecule has 1 unspecified atom stereocenters. The van der Waals surface area contributed by atoms with Gasteiger partial charge in [0.15, 0.2) is 6.10 Å². The first-order valence-electron chi connectivity index (χ1n) is 30.4. The molecule has 0 aromatic carbocycles. The highest BCUT2D eigenvalue weighted by Gasteiger charge is 2.19. The molecule has 0 amide bonds. The van der Waals surface area contributed by atoms with Crippen LogP contribution in [0.2, 0.25) is 0 Å². The molecule has 0 aliphatic carbocycles. The average molecular weight is 992 g/mol. The largest absolute Gasteiger partial charge is 0.462 e. The first kappa shape index (κ1) is 67.8. The molecular weight excluding hydrogens is 877 g/mol. The van der Waals surface area contributed by atoms with E-state index in [1.807, 2.05) is 0 Å². The topological polar surface area (TPSA) is 78.9 Å². The number of hydrogen-bond acceptors (Lipinski definition) is 6. The van der Waals surface area contributed by atoms with Gasteiger partial charge < -0.3 is 14.2 Å². The fourth-order valence-corrected chi connectivity index (χ4v) is 8.65. The number of unbranched alkanes of at least 4 members (excludes halogenated alkanes) is 32. The molecule has 0 rings (SSSR count). The number of carbonyl (C=O) groups is 3. The molecule has 0 saturated carbocycles. The molecule has 0 aliphatic heterocycles. The maximum atomic E-state index is 12.8. The third kappa shape index (κ3) is 57.6. The third-order valence-electron chi connectivity index (χ3n) is 13.2. The summed E-state index contributed by atoms with van der Waals surface area (Å²) in [7, 11) is 0. The number of esters is 3. The van der Waals surface area contributed by atoms with Gasteiger partial charge in [-0.25, -0.2) is 0 Å². The molecule has 0 radical (unpaired) electrons. The summed E-state index contributed by atoms with van der Waals surface area (Å²) in [5.74, 6) is -0.875. The van der Waals surface area contributed by atoms with E-state index in [0.29, 0.717) is 19.3 Å². The van der Waals surface area contributed by atoms with Gasteiger partial charge in [0.2, 0.25) is 0 Å². The predicted molar refractivity (Wildman–Crippen MR) is 307 cm³/mol. The van der Waals surface area contributed by atoms with Crippen molar-refractivity contribution in [2.75, 3.05) is 13.2 Å². The quantitative estimate of drug-likeness (QED) is 0.0261. The molecule has 1 atom stereocenters. The highest BCUT2D eigenvalue weighted by molar-refractivity contribution is 5.71. The number of rotatable bonds is 55. The fourth-order valence-electron chi connectivity index (χ4n) is 8.65. The van der Waals surface area contributed by atoms with Gasteiger partial charge in [0.05, 0.1) is 0 Å². The minimum absolute atomic E-state index is 0.0750. The summed E-state index contributed by atoms with van der Waals surface area (Å²) >= 11 is 0. The lowest BCUT2D eigenvalue weighted by Gasteiger charge is -2.18. The second-order valence-electron chi connectivity index (χ2n) is 20.2. The fraction of sp³-hybridized carbons (Fsp3) is 0.769. The van der Waals surface area contributed by atoms with E-state index in [-0.39, 0.29) is 31.1 Å². The van der Waals surface area contributed by atoms with E-state index >= 15 is 0 Å². The molecule has 410 valence electrons. The summed E-state index contributed by atoms with van der Waals surface area (Å²) in [5.41, 5.74) is 0. The Hall–Kier alpha value is -3.15. The van der Waals surface area contributed by atoms with Crippen molar-refractivity contribution >= 4 is 17.9 Å². The molecule has 6 heteroatoms. The predicted octanol–water partition coefficient (Wildman–Crippen LogP) is 20.5. The normalized spacial score (nSPS) is 12.5. The van der Waals surface area contributed by atoms with Crippen LogP contribution in [0.15, 0.2) is 72.9 Å². The molecule has 71 heavy (non-hydrogen) atoms. The molecule has 0 aliphatic rings. The Morgan fingerprint density at radius 3 is 0.930 bits per heavy atom. The summed E-state index contributed by atoms with van der Waals surface area (Å²) < 4.78 is 16.8. The van der Waals surface area contributed by atoms with Gasteiger partial charge >= 0.3 is 17.9 Å². The zero-order valence-corrected chi connectivity index (χ0v) is 47.0. The van der Waals surface area contributed by atoms with Gasteiger partial charge in [-0.2, -0.15) is 0 Å². The molecule has 0 saturated heterocycles. The molecule has 0 bridgehead atoms. The van der Waals surface area contributed by atoms with Crippen LogP contribution in [0.4, 0.5) is 0 Å². The molecule has 0 N–H and O–H groups in total. The summed E-state index contributed by atoms with van der Waals surface area (Å²) in [6.07, 6.45) is 76.3. The molecule has 0 aromatic heterocycles. The van der Waals surface area contributed by atoms with Crippen LogP contribution in [0.3, 0.4) is 0 Å². The lowest BCUT2D eigenvalue weighted by molar-refractivity contribution is -0.167. The molecule has 0 spiro atoms. The maximum absolute atomic E-state index is 12.8. The Bertz CT molecular complexity index is 1320. The van der Waals surface area contributed by atoms with Crippen molar-refractivity contribution in [1.29, 1.82) is 0 Å². The van der Waals surface area contributed by atoms with Gasteiger partial charge in [-0.1, -0.05) is 273 Å². The van der Waals surface area contributed by atoms with Gasteiger partial charge in [-0.15, -0.1) is 0 Å². The van der Waals surface area contributed by atoms with Crippen molar-refractivity contribution in [1.82, 2.24) is 0 Å². The summed E-state index contributed by atoms with van der Waals surface area (Å²) in [4.78, 5) is 38.1. The van der Waals surface area contributed by atoms with Crippen LogP contribution in [0.5, 0.6) is 0 Å². The van der Waals surface area contributed by atoms with Crippen molar-refractivity contribution in [3.8, 4) is 0 Å². The maximum Gasteiger partial charge on any atom is 0.306 e. The number of hydrogen-bond donors (Lipinski definition) is 0. The van der Waals surface area contributed by atoms with Crippen LogP contribution < -0.4 is 0 Å². The van der Waals surface area contributed by atoms with Crippen molar-refractivity contribution in [3.63, 3.8) is 0 Å². The van der Waals surface area contributed by atoms with Crippen molar-refractivity contribution in [2.45, 2.75) is 309 Å². The second-order valence-corrected chi connectivity index (χ2v) is 20.2. The van der Waals surface area contributed by atoms with E-state index in [1.54, 1.807) is 0 Å². The zero-order chi connectivity index (χ0) is 51.4. The van der Waals surface area contributed by atoms with Crippen molar-refractivity contribution in [2.24, 2.45) is 0 Å². The minimum Gasteiger partial charge on any atom is -0.462 e. The van der Waals surface area contributed by atoms with Crippen LogP contribution >= 0.6 is 0 Å². The van der Waals surface area contributed by atoms with Crippen LogP contribution in [-0.2, 0) is 28.6 Å². The van der Waals surface area contributed by atoms with E-state index in [9.17, 15) is 14.4 Å². The van der Waals surface area contributed by atoms with Crippen LogP contribution in [0, 0.1) is 0 Å². The van der Waals surface area contributed by atoms with Crippen LogP contribution in [-0.4, -0.2) is 37.2 Å². The second kappa shape index (κ2) is 59.4. The Labute approximate surface area is 440 Å². The van der Waals surface area contributed by atoms with Gasteiger partial charge in [0, 0.05) is 19.3 Å². The summed E-state index contributed by atoms with van der Waals surface area (Å²) in [6, 6.07) is 0. The number of ether oxygens (including phenoxy) is 3. The number of carbonyl (C=O) groups excluding carboxylic acids is 3. The minimum atomic E-state index is -0.775. The Kier molecular flexibility index (Phi) is 56.8. The third-order valence-corrected chi connectivity index (χ3v) is 13.2. The van der Waals surface area contributed by atoms with E-state index in [4.69, 9.17) is 14.2 Å². The SMILES string of the molecule is CC/C=C\C/C=C\C/C=C\C/C=C\C/C=C\CCCCCCCCCCCCCCCC(=O)OCC(COC(=O)CCCCCCC/C=C\CCC)OC(=O)CCCCCCCCCCCCCCCC. The molecule has 0 fully saturated rings. The lowest BCUT2D eigenvalue weighted by Crippen LogP contribution is -2.30. The first-order chi connectivity index (χ1) is 35.0.